The third-order valence-electron chi connectivity index (χ3n) is 7.45. The van der Waals surface area contributed by atoms with Crippen LogP contribution in [0.25, 0.3) is 10.9 Å². The van der Waals surface area contributed by atoms with Crippen LogP contribution in [-0.4, -0.2) is 62.4 Å². The number of para-hydroxylation sites is 1. The lowest BCUT2D eigenvalue weighted by Crippen LogP contribution is -2.37. The number of aromatic nitrogens is 1. The fourth-order valence-electron chi connectivity index (χ4n) is 5.43. The molecule has 2 aliphatic rings. The van der Waals surface area contributed by atoms with E-state index in [1.165, 1.54) is 0 Å². The van der Waals surface area contributed by atoms with Gasteiger partial charge >= 0.3 is 0 Å². The predicted molar refractivity (Wildman–Crippen MR) is 145 cm³/mol. The first-order chi connectivity index (χ1) is 18.1. The van der Waals surface area contributed by atoms with E-state index in [4.69, 9.17) is 19.2 Å². The highest BCUT2D eigenvalue weighted by Gasteiger charge is 2.26. The first-order valence-corrected chi connectivity index (χ1v) is 13.4. The van der Waals surface area contributed by atoms with E-state index in [9.17, 15) is 4.79 Å². The molecule has 196 valence electrons. The molecular formula is C30H37N3O4. The SMILES string of the molecule is COc1ccc2cc(CN(C[C@H]3CCCO3)C(=O)CCc3ccccc3OC)c(N3CCCC3)nc2c1. The molecule has 1 atom stereocenters. The number of carbonyl (C=O) groups excluding carboxylic acids is 1. The van der Waals surface area contributed by atoms with Gasteiger partial charge in [-0.1, -0.05) is 18.2 Å². The van der Waals surface area contributed by atoms with E-state index in [0.29, 0.717) is 25.9 Å². The number of anilines is 1. The van der Waals surface area contributed by atoms with E-state index in [2.05, 4.69) is 11.0 Å². The summed E-state index contributed by atoms with van der Waals surface area (Å²) in [5.41, 5.74) is 3.05. The van der Waals surface area contributed by atoms with Crippen LogP contribution in [0.4, 0.5) is 5.82 Å². The molecule has 37 heavy (non-hydrogen) atoms. The number of amides is 1. The zero-order chi connectivity index (χ0) is 25.6. The Bertz CT molecular complexity index is 1220. The maximum atomic E-state index is 13.7. The van der Waals surface area contributed by atoms with Gasteiger partial charge in [0.15, 0.2) is 0 Å². The number of methoxy groups -OCH3 is 2. The molecule has 2 fully saturated rings. The first kappa shape index (κ1) is 25.3. The van der Waals surface area contributed by atoms with Crippen molar-refractivity contribution < 1.29 is 19.0 Å². The normalized spacial score (nSPS) is 17.4. The van der Waals surface area contributed by atoms with Crippen LogP contribution in [0.3, 0.4) is 0 Å². The standard InChI is InChI=1S/C30H37N3O4/c1-35-25-13-11-23-18-24(30(31-27(23)19-25)32-15-5-6-16-32)20-33(21-26-9-7-17-37-26)29(34)14-12-22-8-3-4-10-28(22)36-2/h3-4,8,10-11,13,18-19,26H,5-7,9,12,14-17,20-21H2,1-2H3/t26-/m1/s1. The number of benzene rings is 2. The van der Waals surface area contributed by atoms with Crippen molar-refractivity contribution in [2.45, 2.75) is 51.2 Å². The third kappa shape index (κ3) is 5.99. The lowest BCUT2D eigenvalue weighted by molar-refractivity contribution is -0.133. The summed E-state index contributed by atoms with van der Waals surface area (Å²) in [6.07, 6.45) is 5.51. The molecule has 0 unspecified atom stereocenters. The van der Waals surface area contributed by atoms with Gasteiger partial charge in [-0.15, -0.1) is 0 Å². The van der Waals surface area contributed by atoms with Crippen molar-refractivity contribution in [3.63, 3.8) is 0 Å². The Morgan fingerprint density at radius 1 is 1.05 bits per heavy atom. The van der Waals surface area contributed by atoms with Gasteiger partial charge in [-0.2, -0.15) is 0 Å². The molecule has 2 aliphatic heterocycles. The number of carbonyl (C=O) groups is 1. The summed E-state index contributed by atoms with van der Waals surface area (Å²) in [5, 5.41) is 1.05. The minimum Gasteiger partial charge on any atom is -0.497 e. The molecule has 0 bridgehead atoms. The molecule has 0 spiro atoms. The Balaban J connectivity index is 1.43. The van der Waals surface area contributed by atoms with Gasteiger partial charge in [0.2, 0.25) is 5.91 Å². The maximum absolute atomic E-state index is 13.7. The average molecular weight is 504 g/mol. The van der Waals surface area contributed by atoms with E-state index >= 15 is 0 Å². The van der Waals surface area contributed by atoms with Crippen LogP contribution in [0.1, 0.15) is 43.2 Å². The van der Waals surface area contributed by atoms with E-state index in [-0.39, 0.29) is 12.0 Å². The summed E-state index contributed by atoms with van der Waals surface area (Å²) in [6.45, 7) is 3.87. The topological polar surface area (TPSA) is 64.1 Å². The number of hydrogen-bond donors (Lipinski definition) is 0. The fourth-order valence-corrected chi connectivity index (χ4v) is 5.43. The number of hydrogen-bond acceptors (Lipinski definition) is 6. The molecular weight excluding hydrogens is 466 g/mol. The molecule has 0 saturated carbocycles. The van der Waals surface area contributed by atoms with Crippen LogP contribution in [0.5, 0.6) is 11.5 Å². The second-order valence-corrected chi connectivity index (χ2v) is 9.95. The third-order valence-corrected chi connectivity index (χ3v) is 7.45. The van der Waals surface area contributed by atoms with Crippen LogP contribution in [0, 0.1) is 0 Å². The Morgan fingerprint density at radius 2 is 1.89 bits per heavy atom. The summed E-state index contributed by atoms with van der Waals surface area (Å²) in [7, 11) is 3.35. The van der Waals surface area contributed by atoms with Gasteiger partial charge in [0, 0.05) is 56.2 Å². The van der Waals surface area contributed by atoms with E-state index in [1.54, 1.807) is 14.2 Å². The van der Waals surface area contributed by atoms with Crippen molar-refractivity contribution in [3.8, 4) is 11.5 Å². The first-order valence-electron chi connectivity index (χ1n) is 13.4. The molecule has 7 nitrogen and oxygen atoms in total. The van der Waals surface area contributed by atoms with Crippen LogP contribution in [0.15, 0.2) is 48.5 Å². The molecule has 3 heterocycles. The van der Waals surface area contributed by atoms with E-state index < -0.39 is 0 Å². The van der Waals surface area contributed by atoms with Gasteiger partial charge in [-0.05, 0) is 61.9 Å². The molecule has 2 aromatic carbocycles. The highest BCUT2D eigenvalue weighted by Crippen LogP contribution is 2.30. The minimum absolute atomic E-state index is 0.0862. The predicted octanol–water partition coefficient (Wildman–Crippen LogP) is 4.99. The molecule has 7 heteroatoms. The summed E-state index contributed by atoms with van der Waals surface area (Å²) in [5.74, 6) is 2.73. The van der Waals surface area contributed by atoms with Gasteiger partial charge < -0.3 is 24.0 Å². The number of aryl methyl sites for hydroxylation is 1. The molecule has 1 amide bonds. The van der Waals surface area contributed by atoms with Gasteiger partial charge in [0.25, 0.3) is 0 Å². The van der Waals surface area contributed by atoms with Crippen LogP contribution in [-0.2, 0) is 22.5 Å². The van der Waals surface area contributed by atoms with E-state index in [0.717, 1.165) is 84.7 Å². The highest BCUT2D eigenvalue weighted by molar-refractivity contribution is 5.84. The number of pyridine rings is 1. The zero-order valence-corrected chi connectivity index (χ0v) is 21.9. The van der Waals surface area contributed by atoms with Crippen molar-refractivity contribution in [1.82, 2.24) is 9.88 Å². The van der Waals surface area contributed by atoms with Crippen molar-refractivity contribution >= 4 is 22.6 Å². The van der Waals surface area contributed by atoms with Gasteiger partial charge in [-0.3, -0.25) is 4.79 Å². The van der Waals surface area contributed by atoms with Gasteiger partial charge in [0.05, 0.1) is 25.8 Å². The molecule has 3 aromatic rings. The van der Waals surface area contributed by atoms with Crippen LogP contribution >= 0.6 is 0 Å². The summed E-state index contributed by atoms with van der Waals surface area (Å²) in [6, 6.07) is 16.1. The summed E-state index contributed by atoms with van der Waals surface area (Å²) >= 11 is 0. The van der Waals surface area contributed by atoms with Crippen molar-refractivity contribution in [3.05, 3.63) is 59.7 Å². The Kier molecular flexibility index (Phi) is 8.09. The average Bonchev–Trinajstić information content (AvgIpc) is 3.66. The van der Waals surface area contributed by atoms with E-state index in [1.807, 2.05) is 47.4 Å². The fraction of sp³-hybridized carbons (Fsp3) is 0.467. The van der Waals surface area contributed by atoms with Crippen LogP contribution < -0.4 is 14.4 Å². The second-order valence-electron chi connectivity index (χ2n) is 9.95. The Labute approximate surface area is 219 Å². The highest BCUT2D eigenvalue weighted by atomic mass is 16.5. The summed E-state index contributed by atoms with van der Waals surface area (Å²) in [4.78, 5) is 23.1. The maximum Gasteiger partial charge on any atom is 0.223 e. The number of fused-ring (bicyclic) bond motifs is 1. The minimum atomic E-state index is 0.0862. The Hall–Kier alpha value is -3.32. The zero-order valence-electron chi connectivity index (χ0n) is 21.9. The lowest BCUT2D eigenvalue weighted by atomic mass is 10.1. The quantitative estimate of drug-likeness (QED) is 0.388. The van der Waals surface area contributed by atoms with Gasteiger partial charge in [-0.25, -0.2) is 4.98 Å². The second kappa shape index (κ2) is 11.8. The van der Waals surface area contributed by atoms with Crippen LogP contribution in [0.2, 0.25) is 0 Å². The molecule has 0 aliphatic carbocycles. The molecule has 0 N–H and O–H groups in total. The smallest absolute Gasteiger partial charge is 0.223 e. The van der Waals surface area contributed by atoms with Crippen molar-refractivity contribution in [2.24, 2.45) is 0 Å². The molecule has 5 rings (SSSR count). The number of ether oxygens (including phenoxy) is 3. The number of rotatable bonds is 10. The molecule has 2 saturated heterocycles. The van der Waals surface area contributed by atoms with Crippen molar-refractivity contribution in [2.75, 3.05) is 45.4 Å². The van der Waals surface area contributed by atoms with Gasteiger partial charge in [0.1, 0.15) is 17.3 Å². The largest absolute Gasteiger partial charge is 0.497 e. The molecule has 0 radical (unpaired) electrons. The lowest BCUT2D eigenvalue weighted by Gasteiger charge is -2.28. The number of nitrogens with zero attached hydrogens (tertiary/aromatic N) is 3. The monoisotopic (exact) mass is 503 g/mol. The summed E-state index contributed by atoms with van der Waals surface area (Å²) < 4.78 is 16.9. The Morgan fingerprint density at radius 3 is 2.65 bits per heavy atom. The van der Waals surface area contributed by atoms with Crippen molar-refractivity contribution in [1.29, 1.82) is 0 Å². The molecule has 1 aromatic heterocycles.